The van der Waals surface area contributed by atoms with Gasteiger partial charge in [0.1, 0.15) is 18.1 Å². The van der Waals surface area contributed by atoms with Crippen molar-refractivity contribution in [3.8, 4) is 0 Å². The maximum absolute atomic E-state index is 12.8. The molecular weight excluding hydrogens is 436 g/mol. The van der Waals surface area contributed by atoms with E-state index in [2.05, 4.69) is 25.9 Å². The smallest absolute Gasteiger partial charge is 0.326 e. The van der Waals surface area contributed by atoms with Crippen LogP contribution in [-0.2, 0) is 30.4 Å². The fourth-order valence-corrected chi connectivity index (χ4v) is 2.81. The zero-order valence-corrected chi connectivity index (χ0v) is 18.8. The molecule has 184 valence electrons. The predicted molar refractivity (Wildman–Crippen MR) is 116 cm³/mol. The second-order valence-corrected chi connectivity index (χ2v) is 7.82. The van der Waals surface area contributed by atoms with Gasteiger partial charge in [-0.1, -0.05) is 20.3 Å². The van der Waals surface area contributed by atoms with Crippen molar-refractivity contribution in [2.75, 3.05) is 0 Å². The van der Waals surface area contributed by atoms with Crippen LogP contribution in [0.25, 0.3) is 0 Å². The normalized spacial score (nSPS) is 15.4. The van der Waals surface area contributed by atoms with Crippen LogP contribution in [0, 0.1) is 5.92 Å². The first kappa shape index (κ1) is 27.6. The number of rotatable bonds is 14. The molecule has 0 saturated carbocycles. The lowest BCUT2D eigenvalue weighted by atomic mass is 9.99. The minimum Gasteiger partial charge on any atom is -0.481 e. The van der Waals surface area contributed by atoms with Crippen molar-refractivity contribution in [1.29, 1.82) is 0 Å². The van der Waals surface area contributed by atoms with E-state index in [1.807, 2.05) is 13.8 Å². The van der Waals surface area contributed by atoms with Crippen molar-refractivity contribution in [2.24, 2.45) is 11.7 Å². The molecule has 5 atom stereocenters. The van der Waals surface area contributed by atoms with Gasteiger partial charge in [0, 0.05) is 24.7 Å². The van der Waals surface area contributed by atoms with E-state index in [1.165, 1.54) is 19.4 Å². The topological polar surface area (TPSA) is 217 Å². The lowest BCUT2D eigenvalue weighted by molar-refractivity contribution is -0.143. The van der Waals surface area contributed by atoms with Gasteiger partial charge in [0.2, 0.25) is 17.7 Å². The fraction of sp³-hybridized carbons (Fsp3) is 0.600. The van der Waals surface area contributed by atoms with Crippen LogP contribution in [-0.4, -0.2) is 74.0 Å². The number of aromatic amines is 1. The lowest BCUT2D eigenvalue weighted by Crippen LogP contribution is -2.57. The third-order valence-electron chi connectivity index (χ3n) is 5.19. The molecule has 0 aliphatic heterocycles. The number of hydrogen-bond acceptors (Lipinski definition) is 7. The summed E-state index contributed by atoms with van der Waals surface area (Å²) in [6.45, 7) is 5.12. The summed E-state index contributed by atoms with van der Waals surface area (Å²) in [4.78, 5) is 66.5. The molecule has 0 aliphatic rings. The van der Waals surface area contributed by atoms with E-state index < -0.39 is 60.2 Å². The zero-order valence-electron chi connectivity index (χ0n) is 18.8. The highest BCUT2D eigenvalue weighted by atomic mass is 16.4. The van der Waals surface area contributed by atoms with E-state index in [0.29, 0.717) is 12.1 Å². The number of nitrogens with two attached hydrogens (primary N) is 1. The Bertz CT molecular complexity index is 829. The average molecular weight is 469 g/mol. The highest BCUT2D eigenvalue weighted by Gasteiger charge is 2.30. The number of hydrogen-bond donors (Lipinski definition) is 7. The number of carbonyl (C=O) groups excluding carboxylic acids is 3. The second kappa shape index (κ2) is 13.2. The average Bonchev–Trinajstić information content (AvgIpc) is 3.27. The SMILES string of the molecule is CCC(C)C(N)C(=O)NC(C)C(=O)NC(Cc1cnc[nH]1)C(=O)NC(CCC(=O)O)C(=O)O. The maximum atomic E-state index is 12.8. The molecule has 1 rings (SSSR count). The van der Waals surface area contributed by atoms with Crippen LogP contribution in [0.5, 0.6) is 0 Å². The molecule has 0 aromatic carbocycles. The third kappa shape index (κ3) is 9.27. The van der Waals surface area contributed by atoms with Crippen molar-refractivity contribution in [2.45, 2.75) is 70.6 Å². The van der Waals surface area contributed by atoms with E-state index in [1.54, 1.807) is 0 Å². The molecule has 0 aliphatic carbocycles. The number of H-pyrrole nitrogens is 1. The standard InChI is InChI=1S/C20H32N6O7/c1-4-10(2)16(21)19(31)24-11(3)17(29)26-14(7-12-8-22-9-23-12)18(30)25-13(20(32)33)5-6-15(27)28/h8-11,13-14,16H,4-7,21H2,1-3H3,(H,22,23)(H,24,31)(H,25,30)(H,26,29)(H,27,28)(H,32,33). The highest BCUT2D eigenvalue weighted by molar-refractivity contribution is 5.94. The minimum absolute atomic E-state index is 0.0457. The molecule has 0 spiro atoms. The van der Waals surface area contributed by atoms with Crippen LogP contribution in [0.2, 0.25) is 0 Å². The van der Waals surface area contributed by atoms with Gasteiger partial charge in [-0.25, -0.2) is 9.78 Å². The van der Waals surface area contributed by atoms with Gasteiger partial charge in [-0.3, -0.25) is 19.2 Å². The van der Waals surface area contributed by atoms with Gasteiger partial charge in [-0.2, -0.15) is 0 Å². The summed E-state index contributed by atoms with van der Waals surface area (Å²) in [6.07, 6.45) is 2.64. The number of carboxylic acids is 2. The molecule has 0 saturated heterocycles. The Labute approximate surface area is 190 Å². The maximum Gasteiger partial charge on any atom is 0.326 e. The third-order valence-corrected chi connectivity index (χ3v) is 5.19. The first-order valence-electron chi connectivity index (χ1n) is 10.5. The molecular formula is C20H32N6O7. The van der Waals surface area contributed by atoms with Crippen molar-refractivity contribution in [3.05, 3.63) is 18.2 Å². The van der Waals surface area contributed by atoms with Crippen LogP contribution in [0.1, 0.15) is 45.7 Å². The van der Waals surface area contributed by atoms with E-state index in [4.69, 9.17) is 10.8 Å². The number of carboxylic acid groups (broad SMARTS) is 2. The number of nitrogens with one attached hydrogen (secondary N) is 4. The van der Waals surface area contributed by atoms with Gasteiger partial charge in [-0.15, -0.1) is 0 Å². The summed E-state index contributed by atoms with van der Waals surface area (Å²) >= 11 is 0. The summed E-state index contributed by atoms with van der Waals surface area (Å²) in [7, 11) is 0. The van der Waals surface area contributed by atoms with Gasteiger partial charge in [-0.05, 0) is 19.3 Å². The van der Waals surface area contributed by atoms with Crippen LogP contribution in [0.3, 0.4) is 0 Å². The van der Waals surface area contributed by atoms with Crippen molar-refractivity contribution < 1.29 is 34.2 Å². The summed E-state index contributed by atoms with van der Waals surface area (Å²) in [6, 6.07) is -4.50. The number of amides is 3. The summed E-state index contributed by atoms with van der Waals surface area (Å²) < 4.78 is 0. The molecule has 8 N–H and O–H groups in total. The van der Waals surface area contributed by atoms with Gasteiger partial charge < -0.3 is 36.9 Å². The molecule has 0 fully saturated rings. The first-order chi connectivity index (χ1) is 15.5. The van der Waals surface area contributed by atoms with Crippen molar-refractivity contribution >= 4 is 29.7 Å². The van der Waals surface area contributed by atoms with Crippen LogP contribution >= 0.6 is 0 Å². The van der Waals surface area contributed by atoms with Crippen LogP contribution in [0.15, 0.2) is 12.5 Å². The Morgan fingerprint density at radius 3 is 2.18 bits per heavy atom. The molecule has 0 bridgehead atoms. The minimum atomic E-state index is -1.46. The van der Waals surface area contributed by atoms with Crippen LogP contribution in [0.4, 0.5) is 0 Å². The predicted octanol–water partition coefficient (Wildman–Crippen LogP) is -1.25. The molecule has 1 aromatic rings. The quantitative estimate of drug-likeness (QED) is 0.173. The monoisotopic (exact) mass is 468 g/mol. The molecule has 13 nitrogen and oxygen atoms in total. The molecule has 1 aromatic heterocycles. The number of nitrogens with zero attached hydrogens (tertiary/aromatic N) is 1. The number of aromatic nitrogens is 2. The number of carbonyl (C=O) groups is 5. The first-order valence-corrected chi connectivity index (χ1v) is 10.5. The fourth-order valence-electron chi connectivity index (χ4n) is 2.81. The molecule has 13 heteroatoms. The summed E-state index contributed by atoms with van der Waals surface area (Å²) in [5, 5.41) is 25.3. The molecule has 1 heterocycles. The number of imidazole rings is 1. The van der Waals surface area contributed by atoms with E-state index >= 15 is 0 Å². The Hall–Kier alpha value is -3.48. The Kier molecular flexibility index (Phi) is 11.0. The van der Waals surface area contributed by atoms with Gasteiger partial charge in [0.25, 0.3) is 0 Å². The van der Waals surface area contributed by atoms with E-state index in [-0.39, 0.29) is 18.8 Å². The van der Waals surface area contributed by atoms with E-state index in [0.717, 1.165) is 0 Å². The molecule has 33 heavy (non-hydrogen) atoms. The number of aliphatic carboxylic acids is 2. The van der Waals surface area contributed by atoms with Crippen molar-refractivity contribution in [3.63, 3.8) is 0 Å². The molecule has 5 unspecified atom stereocenters. The van der Waals surface area contributed by atoms with E-state index in [9.17, 15) is 29.1 Å². The Morgan fingerprint density at radius 2 is 1.67 bits per heavy atom. The van der Waals surface area contributed by atoms with Crippen LogP contribution < -0.4 is 21.7 Å². The van der Waals surface area contributed by atoms with Gasteiger partial charge in [0.05, 0.1) is 12.4 Å². The molecule has 0 radical (unpaired) electrons. The van der Waals surface area contributed by atoms with Gasteiger partial charge >= 0.3 is 11.9 Å². The summed E-state index contributed by atoms with van der Waals surface area (Å²) in [5.74, 6) is -4.74. The largest absolute Gasteiger partial charge is 0.481 e. The lowest BCUT2D eigenvalue weighted by Gasteiger charge is -2.24. The second-order valence-electron chi connectivity index (χ2n) is 7.82. The highest BCUT2D eigenvalue weighted by Crippen LogP contribution is 2.06. The Balaban J connectivity index is 2.89. The van der Waals surface area contributed by atoms with Gasteiger partial charge in [0.15, 0.2) is 0 Å². The zero-order chi connectivity index (χ0) is 25.1. The Morgan fingerprint density at radius 1 is 1.03 bits per heavy atom. The molecule has 3 amide bonds. The summed E-state index contributed by atoms with van der Waals surface area (Å²) in [5.41, 5.74) is 6.37. The van der Waals surface area contributed by atoms with Crippen molar-refractivity contribution in [1.82, 2.24) is 25.9 Å².